The first-order valence-corrected chi connectivity index (χ1v) is 7.39. The van der Waals surface area contributed by atoms with Gasteiger partial charge in [-0.15, -0.1) is 0 Å². The van der Waals surface area contributed by atoms with Crippen LogP contribution in [0, 0.1) is 13.8 Å². The lowest BCUT2D eigenvalue weighted by Crippen LogP contribution is -2.30. The largest absolute Gasteiger partial charge is 0.481 e. The molecule has 2 aromatic carbocycles. The van der Waals surface area contributed by atoms with E-state index in [0.29, 0.717) is 5.75 Å². The Kier molecular flexibility index (Phi) is 5.17. The van der Waals surface area contributed by atoms with Gasteiger partial charge in [-0.05, 0) is 62.2 Å². The van der Waals surface area contributed by atoms with Crippen LogP contribution in [-0.2, 0) is 11.0 Å². The molecule has 0 saturated carbocycles. The van der Waals surface area contributed by atoms with Crippen LogP contribution in [0.3, 0.4) is 0 Å². The van der Waals surface area contributed by atoms with Gasteiger partial charge >= 0.3 is 6.18 Å². The third kappa shape index (κ3) is 4.50. The molecule has 0 fully saturated rings. The maximum absolute atomic E-state index is 12.7. The van der Waals surface area contributed by atoms with Gasteiger partial charge in [0, 0.05) is 5.69 Å². The average Bonchev–Trinajstić information content (AvgIpc) is 2.50. The summed E-state index contributed by atoms with van der Waals surface area (Å²) in [7, 11) is 0. The number of benzene rings is 2. The number of rotatable bonds is 4. The topological polar surface area (TPSA) is 38.3 Å². The van der Waals surface area contributed by atoms with E-state index in [4.69, 9.17) is 4.74 Å². The highest BCUT2D eigenvalue weighted by Crippen LogP contribution is 2.30. The highest BCUT2D eigenvalue weighted by Gasteiger charge is 2.30. The summed E-state index contributed by atoms with van der Waals surface area (Å²) in [6.07, 6.45) is -5.30. The van der Waals surface area contributed by atoms with Gasteiger partial charge in [-0.25, -0.2) is 0 Å². The monoisotopic (exact) mass is 337 g/mol. The Bertz CT molecular complexity index is 741. The molecule has 0 aliphatic rings. The van der Waals surface area contributed by atoms with Gasteiger partial charge in [-0.2, -0.15) is 13.2 Å². The predicted octanol–water partition coefficient (Wildman–Crippen LogP) is 4.73. The Morgan fingerprint density at radius 3 is 2.42 bits per heavy atom. The highest BCUT2D eigenvalue weighted by molar-refractivity contribution is 5.94. The van der Waals surface area contributed by atoms with E-state index in [-0.39, 0.29) is 5.69 Å². The SMILES string of the molecule is Cc1ccc(OC(C)C(=O)Nc2cccc(C(F)(F)F)c2)cc1C. The fourth-order valence-corrected chi connectivity index (χ4v) is 2.06. The summed E-state index contributed by atoms with van der Waals surface area (Å²) in [6, 6.07) is 9.91. The lowest BCUT2D eigenvalue weighted by molar-refractivity contribution is -0.137. The van der Waals surface area contributed by atoms with E-state index in [2.05, 4.69) is 5.32 Å². The van der Waals surface area contributed by atoms with Gasteiger partial charge in [-0.1, -0.05) is 12.1 Å². The van der Waals surface area contributed by atoms with Crippen LogP contribution in [0.15, 0.2) is 42.5 Å². The van der Waals surface area contributed by atoms with Crippen molar-refractivity contribution in [3.05, 3.63) is 59.2 Å². The quantitative estimate of drug-likeness (QED) is 0.876. The summed E-state index contributed by atoms with van der Waals surface area (Å²) in [6.45, 7) is 5.43. The van der Waals surface area contributed by atoms with Crippen LogP contribution in [0.2, 0.25) is 0 Å². The van der Waals surface area contributed by atoms with E-state index in [0.717, 1.165) is 23.3 Å². The third-order valence-corrected chi connectivity index (χ3v) is 3.62. The standard InChI is InChI=1S/C18H18F3NO2/c1-11-7-8-16(9-12(11)2)24-13(3)17(23)22-15-6-4-5-14(10-15)18(19,20)21/h4-10,13H,1-3H3,(H,22,23). The van der Waals surface area contributed by atoms with Crippen LogP contribution in [0.1, 0.15) is 23.6 Å². The van der Waals surface area contributed by atoms with Crippen molar-refractivity contribution >= 4 is 11.6 Å². The van der Waals surface area contributed by atoms with Crippen LogP contribution in [-0.4, -0.2) is 12.0 Å². The zero-order valence-electron chi connectivity index (χ0n) is 13.6. The Morgan fingerprint density at radius 1 is 1.08 bits per heavy atom. The van der Waals surface area contributed by atoms with Crippen molar-refractivity contribution in [2.45, 2.75) is 33.1 Å². The number of halogens is 3. The number of anilines is 1. The summed E-state index contributed by atoms with van der Waals surface area (Å²) in [5.74, 6) is 0.0114. The molecule has 1 atom stereocenters. The van der Waals surface area contributed by atoms with Gasteiger partial charge in [-0.3, -0.25) is 4.79 Å². The van der Waals surface area contributed by atoms with E-state index < -0.39 is 23.8 Å². The average molecular weight is 337 g/mol. The molecular formula is C18H18F3NO2. The Labute approximate surface area is 138 Å². The van der Waals surface area contributed by atoms with Crippen molar-refractivity contribution in [1.29, 1.82) is 0 Å². The Morgan fingerprint density at radius 2 is 1.79 bits per heavy atom. The van der Waals surface area contributed by atoms with Gasteiger partial charge in [0.05, 0.1) is 5.56 Å². The zero-order chi connectivity index (χ0) is 17.9. The molecule has 0 heterocycles. The molecule has 2 aromatic rings. The first kappa shape index (κ1) is 17.8. The second-order valence-corrected chi connectivity index (χ2v) is 5.57. The minimum atomic E-state index is -4.46. The van der Waals surface area contributed by atoms with Crippen molar-refractivity contribution in [1.82, 2.24) is 0 Å². The molecule has 1 unspecified atom stereocenters. The lowest BCUT2D eigenvalue weighted by atomic mass is 10.1. The number of ether oxygens (including phenoxy) is 1. The van der Waals surface area contributed by atoms with E-state index >= 15 is 0 Å². The van der Waals surface area contributed by atoms with Crippen LogP contribution >= 0.6 is 0 Å². The molecule has 0 aliphatic heterocycles. The van der Waals surface area contributed by atoms with Crippen LogP contribution < -0.4 is 10.1 Å². The van der Waals surface area contributed by atoms with Crippen LogP contribution in [0.5, 0.6) is 5.75 Å². The predicted molar refractivity (Wildman–Crippen MR) is 86.1 cm³/mol. The molecule has 2 rings (SSSR count). The zero-order valence-corrected chi connectivity index (χ0v) is 13.6. The first-order valence-electron chi connectivity index (χ1n) is 7.39. The minimum Gasteiger partial charge on any atom is -0.481 e. The third-order valence-electron chi connectivity index (χ3n) is 3.62. The second kappa shape index (κ2) is 6.95. The number of hydrogen-bond donors (Lipinski definition) is 1. The molecule has 1 amide bonds. The van der Waals surface area contributed by atoms with Crippen molar-refractivity contribution in [3.63, 3.8) is 0 Å². The van der Waals surface area contributed by atoms with Crippen molar-refractivity contribution in [2.75, 3.05) is 5.32 Å². The minimum absolute atomic E-state index is 0.0744. The van der Waals surface area contributed by atoms with Crippen molar-refractivity contribution in [2.24, 2.45) is 0 Å². The van der Waals surface area contributed by atoms with E-state index in [1.165, 1.54) is 19.1 Å². The van der Waals surface area contributed by atoms with Gasteiger partial charge in [0.15, 0.2) is 6.10 Å². The molecule has 3 nitrogen and oxygen atoms in total. The van der Waals surface area contributed by atoms with E-state index in [1.807, 2.05) is 26.0 Å². The van der Waals surface area contributed by atoms with Crippen molar-refractivity contribution < 1.29 is 22.7 Å². The molecule has 0 aliphatic carbocycles. The highest BCUT2D eigenvalue weighted by atomic mass is 19.4. The van der Waals surface area contributed by atoms with Gasteiger partial charge in [0.1, 0.15) is 5.75 Å². The maximum Gasteiger partial charge on any atom is 0.416 e. The summed E-state index contributed by atoms with van der Waals surface area (Å²) in [5.41, 5.74) is 1.38. The summed E-state index contributed by atoms with van der Waals surface area (Å²) in [5, 5.41) is 2.44. The normalized spacial score (nSPS) is 12.6. The molecule has 6 heteroatoms. The molecular weight excluding hydrogens is 319 g/mol. The molecule has 0 bridgehead atoms. The summed E-state index contributed by atoms with van der Waals surface area (Å²) in [4.78, 5) is 12.1. The fourth-order valence-electron chi connectivity index (χ4n) is 2.06. The fraction of sp³-hybridized carbons (Fsp3) is 0.278. The molecule has 128 valence electrons. The Balaban J connectivity index is 2.05. The number of carbonyl (C=O) groups excluding carboxylic acids is 1. The molecule has 1 N–H and O–H groups in total. The maximum atomic E-state index is 12.7. The molecule has 24 heavy (non-hydrogen) atoms. The van der Waals surface area contributed by atoms with Crippen molar-refractivity contribution in [3.8, 4) is 5.75 Å². The van der Waals surface area contributed by atoms with E-state index in [9.17, 15) is 18.0 Å². The smallest absolute Gasteiger partial charge is 0.416 e. The number of amides is 1. The first-order chi connectivity index (χ1) is 11.2. The van der Waals surface area contributed by atoms with Gasteiger partial charge in [0.2, 0.25) is 0 Å². The lowest BCUT2D eigenvalue weighted by Gasteiger charge is -2.16. The Hall–Kier alpha value is -2.50. The molecule has 0 saturated heterocycles. The molecule has 0 aromatic heterocycles. The number of hydrogen-bond acceptors (Lipinski definition) is 2. The van der Waals surface area contributed by atoms with Crippen LogP contribution in [0.4, 0.5) is 18.9 Å². The van der Waals surface area contributed by atoms with Gasteiger partial charge in [0.25, 0.3) is 5.91 Å². The summed E-state index contributed by atoms with van der Waals surface area (Å²) < 4.78 is 43.6. The summed E-state index contributed by atoms with van der Waals surface area (Å²) >= 11 is 0. The van der Waals surface area contributed by atoms with Gasteiger partial charge < -0.3 is 10.1 Å². The number of alkyl halides is 3. The number of nitrogens with one attached hydrogen (secondary N) is 1. The second-order valence-electron chi connectivity index (χ2n) is 5.57. The number of aryl methyl sites for hydroxylation is 2. The molecule has 0 radical (unpaired) electrons. The molecule has 0 spiro atoms. The number of carbonyl (C=O) groups is 1. The van der Waals surface area contributed by atoms with Crippen LogP contribution in [0.25, 0.3) is 0 Å². The van der Waals surface area contributed by atoms with E-state index in [1.54, 1.807) is 6.07 Å².